The van der Waals surface area contributed by atoms with Gasteiger partial charge in [-0.15, -0.1) is 0 Å². The van der Waals surface area contributed by atoms with E-state index in [2.05, 4.69) is 20.8 Å². The van der Waals surface area contributed by atoms with Crippen LogP contribution in [0.5, 0.6) is 0 Å². The average molecular weight is 314 g/mol. The van der Waals surface area contributed by atoms with Crippen molar-refractivity contribution in [1.29, 1.82) is 0 Å². The Kier molecular flexibility index (Phi) is 3.95. The van der Waals surface area contributed by atoms with Gasteiger partial charge < -0.3 is 28.4 Å². The molecule has 10 atom stereocenters. The van der Waals surface area contributed by atoms with E-state index in [1.807, 2.05) is 0 Å². The lowest BCUT2D eigenvalue weighted by atomic mass is 9.86. The standard InChI is InChI=1S/C16H26O6/c1-7-10-5-18-15(20-10)9(3)12(7)22-14-13(17-4)8(2)11-6-19-16(14)21-11/h7-16H,5-6H2,1-4H3/t7?,8?,9-,10-,11-,12?,13?,14-,15?,16?/m0/s1. The Morgan fingerprint density at radius 1 is 0.727 bits per heavy atom. The molecule has 0 N–H and O–H groups in total. The van der Waals surface area contributed by atoms with Gasteiger partial charge in [0.05, 0.1) is 37.6 Å². The highest BCUT2D eigenvalue weighted by Crippen LogP contribution is 2.41. The van der Waals surface area contributed by atoms with Crippen LogP contribution in [0.15, 0.2) is 0 Å². The highest BCUT2D eigenvalue weighted by Gasteiger charge is 2.54. The quantitative estimate of drug-likeness (QED) is 0.779. The van der Waals surface area contributed by atoms with Gasteiger partial charge in [-0.1, -0.05) is 20.8 Å². The van der Waals surface area contributed by atoms with Gasteiger partial charge in [-0.25, -0.2) is 0 Å². The van der Waals surface area contributed by atoms with Crippen LogP contribution in [0.25, 0.3) is 0 Å². The van der Waals surface area contributed by atoms with E-state index in [1.165, 1.54) is 0 Å². The zero-order chi connectivity index (χ0) is 15.4. The molecule has 0 aromatic carbocycles. The zero-order valence-electron chi connectivity index (χ0n) is 13.6. The molecule has 6 heteroatoms. The first-order valence-corrected chi connectivity index (χ1v) is 8.32. The van der Waals surface area contributed by atoms with Crippen molar-refractivity contribution in [1.82, 2.24) is 0 Å². The fourth-order valence-corrected chi connectivity index (χ4v) is 4.31. The monoisotopic (exact) mass is 314 g/mol. The third-order valence-corrected chi connectivity index (χ3v) is 5.80. The minimum Gasteiger partial charge on any atom is -0.378 e. The first-order valence-electron chi connectivity index (χ1n) is 8.32. The predicted octanol–water partition coefficient (Wildman–Crippen LogP) is 1.17. The Bertz CT molecular complexity index is 401. The molecule has 4 fully saturated rings. The van der Waals surface area contributed by atoms with Crippen LogP contribution in [-0.4, -0.2) is 63.4 Å². The molecule has 4 rings (SSSR count). The van der Waals surface area contributed by atoms with Crippen molar-refractivity contribution in [3.05, 3.63) is 0 Å². The summed E-state index contributed by atoms with van der Waals surface area (Å²) in [6.07, 6.45) is -0.410. The van der Waals surface area contributed by atoms with Crippen LogP contribution in [0.3, 0.4) is 0 Å². The molecule has 0 aliphatic carbocycles. The molecule has 0 amide bonds. The summed E-state index contributed by atoms with van der Waals surface area (Å²) in [5.41, 5.74) is 0. The third-order valence-electron chi connectivity index (χ3n) is 5.80. The van der Waals surface area contributed by atoms with E-state index in [0.29, 0.717) is 13.2 Å². The molecule has 6 nitrogen and oxygen atoms in total. The van der Waals surface area contributed by atoms with E-state index in [0.717, 1.165) is 0 Å². The predicted molar refractivity (Wildman–Crippen MR) is 76.2 cm³/mol. The second-order valence-electron chi connectivity index (χ2n) is 7.10. The van der Waals surface area contributed by atoms with E-state index in [9.17, 15) is 0 Å². The van der Waals surface area contributed by atoms with Crippen LogP contribution in [0.4, 0.5) is 0 Å². The Balaban J connectivity index is 1.53. The van der Waals surface area contributed by atoms with Crippen LogP contribution >= 0.6 is 0 Å². The average Bonchev–Trinajstić information content (AvgIpc) is 3.13. The molecule has 0 aromatic heterocycles. The van der Waals surface area contributed by atoms with E-state index >= 15 is 0 Å². The van der Waals surface area contributed by atoms with Crippen molar-refractivity contribution in [2.75, 3.05) is 20.3 Å². The van der Waals surface area contributed by atoms with Crippen LogP contribution in [0, 0.1) is 17.8 Å². The fraction of sp³-hybridized carbons (Fsp3) is 1.00. The molecule has 0 aromatic rings. The molecule has 4 saturated heterocycles. The fourth-order valence-electron chi connectivity index (χ4n) is 4.31. The van der Waals surface area contributed by atoms with E-state index < -0.39 is 0 Å². The maximum absolute atomic E-state index is 6.51. The summed E-state index contributed by atoms with van der Waals surface area (Å²) >= 11 is 0. The largest absolute Gasteiger partial charge is 0.378 e. The molecule has 4 bridgehead atoms. The topological polar surface area (TPSA) is 55.4 Å². The number of methoxy groups -OCH3 is 1. The van der Waals surface area contributed by atoms with Gasteiger partial charge in [-0.2, -0.15) is 0 Å². The maximum atomic E-state index is 6.51. The van der Waals surface area contributed by atoms with Gasteiger partial charge in [0.1, 0.15) is 6.10 Å². The second kappa shape index (κ2) is 5.69. The Morgan fingerprint density at radius 2 is 1.32 bits per heavy atom. The highest BCUT2D eigenvalue weighted by molar-refractivity contribution is 4.96. The molecule has 22 heavy (non-hydrogen) atoms. The molecular formula is C16H26O6. The van der Waals surface area contributed by atoms with Crippen LogP contribution in [0.2, 0.25) is 0 Å². The molecule has 4 aliphatic rings. The van der Waals surface area contributed by atoms with Crippen LogP contribution in [0.1, 0.15) is 20.8 Å². The molecule has 126 valence electrons. The maximum Gasteiger partial charge on any atom is 0.186 e. The van der Waals surface area contributed by atoms with Crippen LogP contribution < -0.4 is 0 Å². The number of rotatable bonds is 3. The highest BCUT2D eigenvalue weighted by atomic mass is 16.8. The SMILES string of the molecule is COC1C(C)[C@@H]2COC(O2)[C@H]1OC1C(C)[C@@H]2COC(O2)[C@H]1C. The minimum atomic E-state index is -0.327. The lowest BCUT2D eigenvalue weighted by Crippen LogP contribution is -2.56. The summed E-state index contributed by atoms with van der Waals surface area (Å²) in [6, 6.07) is 0. The molecule has 4 heterocycles. The summed E-state index contributed by atoms with van der Waals surface area (Å²) in [7, 11) is 1.74. The Hall–Kier alpha value is -0.240. The summed E-state index contributed by atoms with van der Waals surface area (Å²) in [5, 5.41) is 0. The molecule has 0 radical (unpaired) electrons. The second-order valence-corrected chi connectivity index (χ2v) is 7.10. The molecule has 0 spiro atoms. The molecule has 0 saturated carbocycles. The van der Waals surface area contributed by atoms with E-state index in [4.69, 9.17) is 28.4 Å². The third kappa shape index (κ3) is 2.24. The number of hydrogen-bond acceptors (Lipinski definition) is 6. The van der Waals surface area contributed by atoms with Gasteiger partial charge in [-0.05, 0) is 0 Å². The van der Waals surface area contributed by atoms with Crippen LogP contribution in [-0.2, 0) is 28.4 Å². The van der Waals surface area contributed by atoms with Gasteiger partial charge in [0.2, 0.25) is 0 Å². The lowest BCUT2D eigenvalue weighted by Gasteiger charge is -2.44. The Morgan fingerprint density at radius 3 is 2.00 bits per heavy atom. The van der Waals surface area contributed by atoms with Gasteiger partial charge in [0.15, 0.2) is 12.6 Å². The van der Waals surface area contributed by atoms with Crippen molar-refractivity contribution in [2.24, 2.45) is 17.8 Å². The minimum absolute atomic E-state index is 0.00735. The first-order chi connectivity index (χ1) is 10.6. The van der Waals surface area contributed by atoms with E-state index in [-0.39, 0.29) is 60.9 Å². The summed E-state index contributed by atoms with van der Waals surface area (Å²) in [4.78, 5) is 0. The number of hydrogen-bond donors (Lipinski definition) is 0. The van der Waals surface area contributed by atoms with Crippen molar-refractivity contribution >= 4 is 0 Å². The van der Waals surface area contributed by atoms with Crippen molar-refractivity contribution in [2.45, 2.75) is 63.9 Å². The Labute approximate surface area is 131 Å². The summed E-state index contributed by atoms with van der Waals surface area (Å²) < 4.78 is 35.6. The molecular weight excluding hydrogens is 288 g/mol. The normalized spacial score (nSPS) is 57.3. The van der Waals surface area contributed by atoms with Gasteiger partial charge in [0, 0.05) is 24.9 Å². The van der Waals surface area contributed by atoms with Gasteiger partial charge >= 0.3 is 0 Å². The summed E-state index contributed by atoms with van der Waals surface area (Å²) in [5.74, 6) is 0.716. The molecule has 4 aliphatic heterocycles. The van der Waals surface area contributed by atoms with Crippen molar-refractivity contribution in [3.63, 3.8) is 0 Å². The van der Waals surface area contributed by atoms with Crippen molar-refractivity contribution < 1.29 is 28.4 Å². The van der Waals surface area contributed by atoms with Crippen molar-refractivity contribution in [3.8, 4) is 0 Å². The van der Waals surface area contributed by atoms with Gasteiger partial charge in [-0.3, -0.25) is 0 Å². The smallest absolute Gasteiger partial charge is 0.186 e. The lowest BCUT2D eigenvalue weighted by molar-refractivity contribution is -0.276. The number of ether oxygens (including phenoxy) is 6. The van der Waals surface area contributed by atoms with Gasteiger partial charge in [0.25, 0.3) is 0 Å². The molecule has 6 unspecified atom stereocenters. The zero-order valence-corrected chi connectivity index (χ0v) is 13.6. The first kappa shape index (κ1) is 15.3. The van der Waals surface area contributed by atoms with E-state index in [1.54, 1.807) is 7.11 Å². The number of fused-ring (bicyclic) bond motifs is 4. The summed E-state index contributed by atoms with van der Waals surface area (Å²) in [6.45, 7) is 7.72.